The van der Waals surface area contributed by atoms with Crippen LogP contribution in [-0.2, 0) is 0 Å². The molecule has 0 aromatic heterocycles. The molecule has 0 bridgehead atoms. The van der Waals surface area contributed by atoms with Crippen molar-refractivity contribution >= 4 is 6.34 Å². The van der Waals surface area contributed by atoms with Crippen LogP contribution in [0.15, 0.2) is 28.7 Å². The Labute approximate surface area is 84.8 Å². The van der Waals surface area contributed by atoms with E-state index in [0.717, 1.165) is 12.1 Å². The Bertz CT molecular complexity index is 277. The molecule has 1 aliphatic rings. The van der Waals surface area contributed by atoms with E-state index in [-0.39, 0.29) is 5.83 Å². The van der Waals surface area contributed by atoms with Crippen molar-refractivity contribution in [2.24, 2.45) is 4.99 Å². The number of allylic oxidation sites excluding steroid dienone is 3. The normalized spacial score (nSPS) is 20.2. The SMILES string of the molecule is CC/C=C(F)\C=C1/CN=CN1C(C)C. The highest BCUT2D eigenvalue weighted by Crippen LogP contribution is 2.16. The molecule has 0 unspecified atom stereocenters. The first-order valence-corrected chi connectivity index (χ1v) is 4.99. The van der Waals surface area contributed by atoms with Gasteiger partial charge in [-0.15, -0.1) is 0 Å². The topological polar surface area (TPSA) is 15.6 Å². The molecule has 0 radical (unpaired) electrons. The van der Waals surface area contributed by atoms with Crippen molar-refractivity contribution < 1.29 is 4.39 Å². The summed E-state index contributed by atoms with van der Waals surface area (Å²) in [5, 5.41) is 0. The highest BCUT2D eigenvalue weighted by molar-refractivity contribution is 5.62. The highest BCUT2D eigenvalue weighted by atomic mass is 19.1. The van der Waals surface area contributed by atoms with Crippen LogP contribution < -0.4 is 0 Å². The summed E-state index contributed by atoms with van der Waals surface area (Å²) in [6, 6.07) is 0.335. The molecular formula is C11H17FN2. The zero-order valence-corrected chi connectivity index (χ0v) is 9.00. The van der Waals surface area contributed by atoms with E-state index in [9.17, 15) is 4.39 Å². The Hall–Kier alpha value is -1.12. The van der Waals surface area contributed by atoms with E-state index in [4.69, 9.17) is 0 Å². The van der Waals surface area contributed by atoms with E-state index in [1.807, 2.05) is 11.8 Å². The molecule has 0 fully saturated rings. The van der Waals surface area contributed by atoms with Crippen molar-refractivity contribution in [2.75, 3.05) is 6.54 Å². The van der Waals surface area contributed by atoms with Crippen LogP contribution in [0, 0.1) is 0 Å². The fourth-order valence-electron chi connectivity index (χ4n) is 1.38. The smallest absolute Gasteiger partial charge is 0.121 e. The lowest BCUT2D eigenvalue weighted by Gasteiger charge is -2.20. The molecule has 0 saturated heterocycles. The van der Waals surface area contributed by atoms with Crippen molar-refractivity contribution in [1.29, 1.82) is 0 Å². The lowest BCUT2D eigenvalue weighted by atomic mass is 10.2. The summed E-state index contributed by atoms with van der Waals surface area (Å²) in [5.74, 6) is -0.168. The number of hydrogen-bond acceptors (Lipinski definition) is 2. The third-order valence-electron chi connectivity index (χ3n) is 2.05. The second-order valence-corrected chi connectivity index (χ2v) is 3.59. The largest absolute Gasteiger partial charge is 0.332 e. The summed E-state index contributed by atoms with van der Waals surface area (Å²) in [6.45, 7) is 6.63. The van der Waals surface area contributed by atoms with E-state index in [1.54, 1.807) is 18.5 Å². The molecule has 0 atom stereocenters. The van der Waals surface area contributed by atoms with Crippen LogP contribution in [-0.4, -0.2) is 23.8 Å². The van der Waals surface area contributed by atoms with Gasteiger partial charge in [0.25, 0.3) is 0 Å². The summed E-state index contributed by atoms with van der Waals surface area (Å²) in [4.78, 5) is 6.11. The highest BCUT2D eigenvalue weighted by Gasteiger charge is 2.15. The number of rotatable bonds is 3. The molecular weight excluding hydrogens is 179 g/mol. The van der Waals surface area contributed by atoms with Crippen molar-refractivity contribution in [2.45, 2.75) is 33.2 Å². The van der Waals surface area contributed by atoms with E-state index in [1.165, 1.54) is 0 Å². The van der Waals surface area contributed by atoms with Gasteiger partial charge in [-0.3, -0.25) is 4.99 Å². The summed E-state index contributed by atoms with van der Waals surface area (Å²) in [5.41, 5.74) is 0.933. The summed E-state index contributed by atoms with van der Waals surface area (Å²) in [7, 11) is 0. The lowest BCUT2D eigenvalue weighted by molar-refractivity contribution is 0.446. The lowest BCUT2D eigenvalue weighted by Crippen LogP contribution is -2.25. The molecule has 3 heteroatoms. The predicted octanol–water partition coefficient (Wildman–Crippen LogP) is 2.89. The third-order valence-corrected chi connectivity index (χ3v) is 2.05. The van der Waals surface area contributed by atoms with Gasteiger partial charge in [0.1, 0.15) is 5.83 Å². The minimum absolute atomic E-state index is 0.168. The van der Waals surface area contributed by atoms with Crippen molar-refractivity contribution in [3.8, 4) is 0 Å². The molecule has 0 spiro atoms. The molecule has 78 valence electrons. The first kappa shape index (κ1) is 11.0. The molecule has 2 nitrogen and oxygen atoms in total. The second kappa shape index (κ2) is 4.94. The van der Waals surface area contributed by atoms with Gasteiger partial charge in [-0.1, -0.05) is 6.92 Å². The van der Waals surface area contributed by atoms with Crippen LogP contribution in [0.4, 0.5) is 4.39 Å². The average Bonchev–Trinajstić information content (AvgIpc) is 2.52. The van der Waals surface area contributed by atoms with Gasteiger partial charge in [0.15, 0.2) is 0 Å². The molecule has 0 saturated carbocycles. The van der Waals surface area contributed by atoms with Crippen LogP contribution in [0.3, 0.4) is 0 Å². The number of aliphatic imine (C=N–C) groups is 1. The van der Waals surface area contributed by atoms with Crippen molar-refractivity contribution in [3.63, 3.8) is 0 Å². The maximum atomic E-state index is 13.2. The van der Waals surface area contributed by atoms with E-state index in [2.05, 4.69) is 18.8 Å². The molecule has 1 aliphatic heterocycles. The summed E-state index contributed by atoms with van der Waals surface area (Å²) in [6.07, 6.45) is 5.63. The van der Waals surface area contributed by atoms with Gasteiger partial charge in [-0.05, 0) is 32.4 Å². The fourth-order valence-corrected chi connectivity index (χ4v) is 1.38. The van der Waals surface area contributed by atoms with Gasteiger partial charge in [-0.2, -0.15) is 0 Å². The zero-order valence-electron chi connectivity index (χ0n) is 9.00. The second-order valence-electron chi connectivity index (χ2n) is 3.59. The van der Waals surface area contributed by atoms with Gasteiger partial charge in [0, 0.05) is 11.7 Å². The van der Waals surface area contributed by atoms with Crippen LogP contribution in [0.1, 0.15) is 27.2 Å². The minimum atomic E-state index is -0.168. The number of nitrogens with zero attached hydrogens (tertiary/aromatic N) is 2. The Balaban J connectivity index is 2.73. The molecule has 1 rings (SSSR count). The fraction of sp³-hybridized carbons (Fsp3) is 0.545. The maximum Gasteiger partial charge on any atom is 0.121 e. The summed E-state index contributed by atoms with van der Waals surface area (Å²) >= 11 is 0. The quantitative estimate of drug-likeness (QED) is 0.677. The van der Waals surface area contributed by atoms with E-state index < -0.39 is 0 Å². The molecule has 1 heterocycles. The average molecular weight is 196 g/mol. The summed E-state index contributed by atoms with van der Waals surface area (Å²) < 4.78 is 13.2. The van der Waals surface area contributed by atoms with Crippen molar-refractivity contribution in [3.05, 3.63) is 23.7 Å². The van der Waals surface area contributed by atoms with Crippen LogP contribution in [0.25, 0.3) is 0 Å². The van der Waals surface area contributed by atoms with Gasteiger partial charge < -0.3 is 4.90 Å². The molecule has 0 aromatic rings. The first-order valence-electron chi connectivity index (χ1n) is 4.99. The van der Waals surface area contributed by atoms with Crippen molar-refractivity contribution in [1.82, 2.24) is 4.90 Å². The molecule has 14 heavy (non-hydrogen) atoms. The van der Waals surface area contributed by atoms with E-state index >= 15 is 0 Å². The monoisotopic (exact) mass is 196 g/mol. The van der Waals surface area contributed by atoms with Crippen LogP contribution in [0.2, 0.25) is 0 Å². The maximum absolute atomic E-state index is 13.2. The minimum Gasteiger partial charge on any atom is -0.332 e. The Kier molecular flexibility index (Phi) is 3.86. The Morgan fingerprint density at radius 1 is 1.71 bits per heavy atom. The van der Waals surface area contributed by atoms with Gasteiger partial charge >= 0.3 is 0 Å². The van der Waals surface area contributed by atoms with Crippen LogP contribution >= 0.6 is 0 Å². The number of hydrogen-bond donors (Lipinski definition) is 0. The third kappa shape index (κ3) is 2.69. The van der Waals surface area contributed by atoms with Crippen LogP contribution in [0.5, 0.6) is 0 Å². The predicted molar refractivity (Wildman–Crippen MR) is 57.9 cm³/mol. The Morgan fingerprint density at radius 3 is 3.00 bits per heavy atom. The molecule has 0 aliphatic carbocycles. The number of halogens is 1. The van der Waals surface area contributed by atoms with Gasteiger partial charge in [0.05, 0.1) is 12.9 Å². The Morgan fingerprint density at radius 2 is 2.43 bits per heavy atom. The standard InChI is InChI=1S/C11H17FN2/c1-4-5-10(12)6-11-7-13-8-14(11)9(2)3/h5-6,8-9H,4,7H2,1-3H3/b10-5+,11-6+. The zero-order chi connectivity index (χ0) is 10.6. The van der Waals surface area contributed by atoms with Gasteiger partial charge in [-0.25, -0.2) is 4.39 Å². The van der Waals surface area contributed by atoms with Gasteiger partial charge in [0.2, 0.25) is 0 Å². The molecule has 0 aromatic carbocycles. The van der Waals surface area contributed by atoms with E-state index in [0.29, 0.717) is 12.6 Å². The first-order chi connectivity index (χ1) is 6.65. The molecule has 0 amide bonds. The molecule has 0 N–H and O–H groups in total.